The zero-order valence-electron chi connectivity index (χ0n) is 21.0. The Hall–Kier alpha value is -2.68. The number of aryl methyl sites for hydroxylation is 1. The fourth-order valence-corrected chi connectivity index (χ4v) is 7.03. The van der Waals surface area contributed by atoms with E-state index in [0.717, 1.165) is 43.4 Å². The molecule has 1 N–H and O–H groups in total. The fourth-order valence-electron chi connectivity index (χ4n) is 4.83. The summed E-state index contributed by atoms with van der Waals surface area (Å²) in [5, 5.41) is 13.9. The summed E-state index contributed by atoms with van der Waals surface area (Å²) in [5.74, 6) is 4.68. The van der Waals surface area contributed by atoms with Crippen LogP contribution < -0.4 is 4.90 Å². The molecule has 0 bridgehead atoms. The molecule has 11 heteroatoms. The third-order valence-corrected chi connectivity index (χ3v) is 9.25. The molecule has 1 atom stereocenters. The third-order valence-electron chi connectivity index (χ3n) is 6.52. The van der Waals surface area contributed by atoms with Crippen molar-refractivity contribution in [3.63, 3.8) is 0 Å². The van der Waals surface area contributed by atoms with Crippen molar-refractivity contribution in [3.05, 3.63) is 28.1 Å². The molecule has 1 saturated heterocycles. The van der Waals surface area contributed by atoms with Crippen LogP contribution in [0.3, 0.4) is 0 Å². The summed E-state index contributed by atoms with van der Waals surface area (Å²) in [6.07, 6.45) is 6.35. The predicted octanol–water partition coefficient (Wildman–Crippen LogP) is 3.56. The Morgan fingerprint density at radius 1 is 1.22 bits per heavy atom. The Morgan fingerprint density at radius 3 is 2.50 bits per heavy atom. The maximum atomic E-state index is 13.6. The van der Waals surface area contributed by atoms with Crippen molar-refractivity contribution in [3.8, 4) is 11.8 Å². The normalized spacial score (nSPS) is 20.3. The van der Waals surface area contributed by atoms with Gasteiger partial charge in [0.2, 0.25) is 5.91 Å². The highest BCUT2D eigenvalue weighted by atomic mass is 32.2. The minimum atomic E-state index is -3.98. The SMILES string of the molecule is Cn1ccc(S(=O)(=O)N2CC(=O)N(c3cc(C#CC(C)(C)C)sc3C(=O)O)[C@H](C3CCCCC3)C2)n1. The van der Waals surface area contributed by atoms with Crippen molar-refractivity contribution in [1.29, 1.82) is 0 Å². The van der Waals surface area contributed by atoms with Crippen LogP contribution in [0.4, 0.5) is 5.69 Å². The van der Waals surface area contributed by atoms with Crippen LogP contribution in [0, 0.1) is 23.2 Å². The first-order valence-corrected chi connectivity index (χ1v) is 14.3. The first-order chi connectivity index (χ1) is 16.9. The first kappa shape index (κ1) is 26.4. The van der Waals surface area contributed by atoms with Gasteiger partial charge in [-0.1, -0.05) is 31.1 Å². The van der Waals surface area contributed by atoms with Crippen molar-refractivity contribution in [2.45, 2.75) is 63.9 Å². The molecule has 1 saturated carbocycles. The number of carboxylic acids is 1. The van der Waals surface area contributed by atoms with Crippen LogP contribution in [0.15, 0.2) is 23.4 Å². The molecule has 2 aromatic rings. The number of piperazine rings is 1. The topological polar surface area (TPSA) is 113 Å². The molecule has 0 spiro atoms. The number of nitrogens with zero attached hydrogens (tertiary/aromatic N) is 4. The number of aromatic carboxylic acids is 1. The van der Waals surface area contributed by atoms with Crippen molar-refractivity contribution >= 4 is 38.9 Å². The van der Waals surface area contributed by atoms with E-state index in [1.807, 2.05) is 20.8 Å². The summed E-state index contributed by atoms with van der Waals surface area (Å²) in [6.45, 7) is 5.62. The Kier molecular flexibility index (Phi) is 7.33. The summed E-state index contributed by atoms with van der Waals surface area (Å²) < 4.78 is 29.3. The van der Waals surface area contributed by atoms with Crippen molar-refractivity contribution in [1.82, 2.24) is 14.1 Å². The summed E-state index contributed by atoms with van der Waals surface area (Å²) in [5.41, 5.74) is 0.0422. The number of rotatable bonds is 5. The van der Waals surface area contributed by atoms with Crippen molar-refractivity contribution in [2.24, 2.45) is 18.4 Å². The molecule has 3 heterocycles. The van der Waals surface area contributed by atoms with Gasteiger partial charge in [-0.15, -0.1) is 11.3 Å². The molecule has 2 fully saturated rings. The zero-order chi connectivity index (χ0) is 26.3. The molecule has 1 aliphatic heterocycles. The van der Waals surface area contributed by atoms with E-state index >= 15 is 0 Å². The second kappa shape index (κ2) is 10.00. The Bertz CT molecular complexity index is 1320. The molecule has 4 rings (SSSR count). The molecule has 1 amide bonds. The number of carbonyl (C=O) groups is 2. The van der Waals surface area contributed by atoms with Crippen LogP contribution in [0.2, 0.25) is 0 Å². The lowest BCUT2D eigenvalue weighted by Gasteiger charge is -2.44. The lowest BCUT2D eigenvalue weighted by molar-refractivity contribution is -0.121. The number of hydrogen-bond donors (Lipinski definition) is 1. The average Bonchev–Trinajstić information content (AvgIpc) is 3.44. The lowest BCUT2D eigenvalue weighted by Crippen LogP contribution is -2.60. The highest BCUT2D eigenvalue weighted by Crippen LogP contribution is 2.39. The van der Waals surface area contributed by atoms with Crippen LogP contribution in [0.5, 0.6) is 0 Å². The van der Waals surface area contributed by atoms with E-state index in [0.29, 0.717) is 10.6 Å². The summed E-state index contributed by atoms with van der Waals surface area (Å²) in [7, 11) is -2.34. The molecule has 9 nitrogen and oxygen atoms in total. The number of amides is 1. The fraction of sp³-hybridized carbons (Fsp3) is 0.560. The monoisotopic (exact) mass is 532 g/mol. The quantitative estimate of drug-likeness (QED) is 0.589. The number of anilines is 1. The Labute approximate surface area is 216 Å². The van der Waals surface area contributed by atoms with E-state index in [9.17, 15) is 23.1 Å². The highest BCUT2D eigenvalue weighted by molar-refractivity contribution is 7.89. The number of thiophene rings is 1. The molecule has 0 radical (unpaired) electrons. The number of hydrogen-bond acceptors (Lipinski definition) is 6. The minimum Gasteiger partial charge on any atom is -0.477 e. The summed E-state index contributed by atoms with van der Waals surface area (Å²) in [6, 6.07) is 2.62. The van der Waals surface area contributed by atoms with Gasteiger partial charge in [-0.3, -0.25) is 9.48 Å². The highest BCUT2D eigenvalue weighted by Gasteiger charge is 2.44. The molecule has 1 aliphatic carbocycles. The molecule has 0 unspecified atom stereocenters. The Balaban J connectivity index is 1.76. The average molecular weight is 533 g/mol. The molecule has 2 aromatic heterocycles. The maximum absolute atomic E-state index is 13.6. The maximum Gasteiger partial charge on any atom is 0.348 e. The minimum absolute atomic E-state index is 0.0448. The molecular formula is C25H32N4O5S2. The smallest absolute Gasteiger partial charge is 0.348 e. The van der Waals surface area contributed by atoms with E-state index in [2.05, 4.69) is 16.9 Å². The number of carbonyl (C=O) groups excluding carboxylic acids is 1. The number of carboxylic acid groups (broad SMARTS) is 1. The largest absolute Gasteiger partial charge is 0.477 e. The van der Waals surface area contributed by atoms with Gasteiger partial charge in [0.1, 0.15) is 4.88 Å². The van der Waals surface area contributed by atoms with Gasteiger partial charge in [0, 0.05) is 25.2 Å². The van der Waals surface area contributed by atoms with Gasteiger partial charge in [-0.25, -0.2) is 13.2 Å². The van der Waals surface area contributed by atoms with Crippen LogP contribution in [0.25, 0.3) is 0 Å². The Morgan fingerprint density at radius 2 is 1.92 bits per heavy atom. The number of sulfonamides is 1. The first-order valence-electron chi connectivity index (χ1n) is 12.1. The van der Waals surface area contributed by atoms with Gasteiger partial charge in [-0.2, -0.15) is 9.40 Å². The summed E-state index contributed by atoms with van der Waals surface area (Å²) in [4.78, 5) is 28.0. The van der Waals surface area contributed by atoms with Crippen molar-refractivity contribution < 1.29 is 23.1 Å². The van der Waals surface area contributed by atoms with Crippen LogP contribution in [0.1, 0.15) is 67.4 Å². The second-order valence-electron chi connectivity index (χ2n) is 10.5. The standard InChI is InChI=1S/C25H32N4O5S2/c1-25(2,3)12-10-18-14-19(23(35-18)24(31)32)29-20(17-8-6-5-7-9-17)15-28(16-22(29)30)36(33,34)21-11-13-27(4)26-21/h11,13-14,17,20H,5-9,15-16H2,1-4H3,(H,31,32)/t20-/m0/s1. The lowest BCUT2D eigenvalue weighted by atomic mass is 9.82. The van der Waals surface area contributed by atoms with Crippen LogP contribution in [-0.4, -0.2) is 58.6 Å². The van der Waals surface area contributed by atoms with Gasteiger partial charge < -0.3 is 10.0 Å². The molecule has 0 aromatic carbocycles. The summed E-state index contributed by atoms with van der Waals surface area (Å²) >= 11 is 1.05. The predicted molar refractivity (Wildman–Crippen MR) is 137 cm³/mol. The molecular weight excluding hydrogens is 500 g/mol. The van der Waals surface area contributed by atoms with E-state index < -0.39 is 27.9 Å². The zero-order valence-corrected chi connectivity index (χ0v) is 22.7. The van der Waals surface area contributed by atoms with Crippen molar-refractivity contribution in [2.75, 3.05) is 18.0 Å². The van der Waals surface area contributed by atoms with Gasteiger partial charge >= 0.3 is 5.97 Å². The van der Waals surface area contributed by atoms with E-state index in [4.69, 9.17) is 0 Å². The van der Waals surface area contributed by atoms with E-state index in [-0.39, 0.29) is 34.3 Å². The molecule has 2 aliphatic rings. The van der Waals surface area contributed by atoms with Crippen LogP contribution in [-0.2, 0) is 21.9 Å². The van der Waals surface area contributed by atoms with Gasteiger partial charge in [0.25, 0.3) is 10.0 Å². The second-order valence-corrected chi connectivity index (χ2v) is 13.4. The third kappa shape index (κ3) is 5.51. The van der Waals surface area contributed by atoms with Crippen LogP contribution >= 0.6 is 11.3 Å². The van der Waals surface area contributed by atoms with Gasteiger partial charge in [-0.05, 0) is 51.7 Å². The number of aromatic nitrogens is 2. The van der Waals surface area contributed by atoms with E-state index in [1.165, 1.54) is 15.1 Å². The molecule has 36 heavy (non-hydrogen) atoms. The molecule has 194 valence electrons. The van der Waals surface area contributed by atoms with Gasteiger partial charge in [0.15, 0.2) is 5.03 Å². The van der Waals surface area contributed by atoms with Gasteiger partial charge in [0.05, 0.1) is 23.2 Å². The van der Waals surface area contributed by atoms with E-state index in [1.54, 1.807) is 24.2 Å².